The Balaban J connectivity index is 1.59. The second kappa shape index (κ2) is 8.02. The molecule has 0 amide bonds. The summed E-state index contributed by atoms with van der Waals surface area (Å²) in [6.45, 7) is 1.72. The largest absolute Gasteiger partial charge is 0.435 e. The summed E-state index contributed by atoms with van der Waals surface area (Å²) < 4.78 is 40.4. The lowest BCUT2D eigenvalue weighted by Crippen LogP contribution is -2.40. The smallest absolute Gasteiger partial charge is 0.352 e. The van der Waals surface area contributed by atoms with Crippen molar-refractivity contribution in [2.24, 2.45) is 18.0 Å². The van der Waals surface area contributed by atoms with E-state index in [2.05, 4.69) is 32.4 Å². The Hall–Kier alpha value is -2.51. The van der Waals surface area contributed by atoms with Crippen LogP contribution in [-0.2, 0) is 26.2 Å². The number of rotatable bonds is 4. The van der Waals surface area contributed by atoms with Crippen molar-refractivity contribution in [1.29, 1.82) is 0 Å². The Bertz CT molecular complexity index is 782. The van der Waals surface area contributed by atoms with E-state index in [1.807, 2.05) is 18.2 Å². The van der Waals surface area contributed by atoms with E-state index >= 15 is 0 Å². The predicted molar refractivity (Wildman–Crippen MR) is 98.2 cm³/mol. The fraction of sp³-hybridized carbons (Fsp3) is 0.474. The van der Waals surface area contributed by atoms with E-state index in [9.17, 15) is 13.2 Å². The first kappa shape index (κ1) is 19.3. The maximum Gasteiger partial charge on any atom is 0.435 e. The molecule has 0 radical (unpaired) electrons. The average molecular weight is 379 g/mol. The minimum absolute atomic E-state index is 0.0369. The van der Waals surface area contributed by atoms with Crippen LogP contribution in [0.4, 0.5) is 13.2 Å². The van der Waals surface area contributed by atoms with Gasteiger partial charge in [0.25, 0.3) is 0 Å². The number of guanidine groups is 1. The SMILES string of the molecule is CN=C(NCc1cn(C)nc1C(F)(F)F)N1CCC(Cc2ccccc2)C1. The van der Waals surface area contributed by atoms with Crippen LogP contribution in [0.2, 0.25) is 0 Å². The van der Waals surface area contributed by atoms with Gasteiger partial charge in [-0.05, 0) is 24.3 Å². The zero-order valence-corrected chi connectivity index (χ0v) is 15.5. The summed E-state index contributed by atoms with van der Waals surface area (Å²) in [7, 11) is 3.14. The molecule has 1 atom stereocenters. The Labute approximate surface area is 156 Å². The Morgan fingerprint density at radius 2 is 2.04 bits per heavy atom. The first-order valence-electron chi connectivity index (χ1n) is 8.96. The molecule has 1 fully saturated rings. The van der Waals surface area contributed by atoms with Crippen molar-refractivity contribution in [3.05, 3.63) is 53.3 Å². The molecule has 8 heteroatoms. The third-order valence-electron chi connectivity index (χ3n) is 4.77. The van der Waals surface area contributed by atoms with Gasteiger partial charge in [-0.25, -0.2) is 0 Å². The Morgan fingerprint density at radius 1 is 1.30 bits per heavy atom. The summed E-state index contributed by atoms with van der Waals surface area (Å²) in [6.07, 6.45) is -1.03. The van der Waals surface area contributed by atoms with Crippen molar-refractivity contribution in [2.75, 3.05) is 20.1 Å². The van der Waals surface area contributed by atoms with Gasteiger partial charge in [-0.3, -0.25) is 9.67 Å². The molecule has 1 saturated heterocycles. The van der Waals surface area contributed by atoms with Crippen LogP contribution in [0.15, 0.2) is 41.5 Å². The van der Waals surface area contributed by atoms with Gasteiger partial charge in [-0.2, -0.15) is 18.3 Å². The lowest BCUT2D eigenvalue weighted by molar-refractivity contribution is -0.142. The molecule has 2 heterocycles. The number of alkyl halides is 3. The highest BCUT2D eigenvalue weighted by atomic mass is 19.4. The van der Waals surface area contributed by atoms with Crippen molar-refractivity contribution < 1.29 is 13.2 Å². The third kappa shape index (κ3) is 4.81. The molecule has 1 unspecified atom stereocenters. The highest BCUT2D eigenvalue weighted by Gasteiger charge is 2.37. The maximum absolute atomic E-state index is 13.1. The normalized spacial score (nSPS) is 18.2. The van der Waals surface area contributed by atoms with E-state index in [1.54, 1.807) is 7.05 Å². The van der Waals surface area contributed by atoms with Crippen molar-refractivity contribution in [1.82, 2.24) is 20.0 Å². The van der Waals surface area contributed by atoms with Crippen LogP contribution in [0.3, 0.4) is 0 Å². The van der Waals surface area contributed by atoms with Crippen LogP contribution >= 0.6 is 0 Å². The molecule has 2 aromatic rings. The zero-order chi connectivity index (χ0) is 19.4. The van der Waals surface area contributed by atoms with Gasteiger partial charge in [-0.1, -0.05) is 30.3 Å². The first-order valence-corrected chi connectivity index (χ1v) is 8.96. The lowest BCUT2D eigenvalue weighted by atomic mass is 9.99. The summed E-state index contributed by atoms with van der Waals surface area (Å²) in [5.41, 5.74) is 0.569. The van der Waals surface area contributed by atoms with Crippen LogP contribution in [0.25, 0.3) is 0 Å². The second-order valence-electron chi connectivity index (χ2n) is 6.87. The van der Waals surface area contributed by atoms with Crippen molar-refractivity contribution in [2.45, 2.75) is 25.6 Å². The molecule has 0 saturated carbocycles. The van der Waals surface area contributed by atoms with Gasteiger partial charge >= 0.3 is 6.18 Å². The van der Waals surface area contributed by atoms with E-state index in [0.717, 1.165) is 25.9 Å². The maximum atomic E-state index is 13.1. The number of benzene rings is 1. The molecule has 1 N–H and O–H groups in total. The quantitative estimate of drug-likeness (QED) is 0.656. The molecule has 0 bridgehead atoms. The number of aliphatic imine (C=N–C) groups is 1. The van der Waals surface area contributed by atoms with Crippen LogP contribution < -0.4 is 5.32 Å². The number of nitrogens with one attached hydrogen (secondary N) is 1. The summed E-state index contributed by atoms with van der Waals surface area (Å²) in [5.74, 6) is 1.14. The van der Waals surface area contributed by atoms with Gasteiger partial charge in [0.05, 0.1) is 0 Å². The summed E-state index contributed by atoms with van der Waals surface area (Å²) in [5, 5.41) is 6.60. The van der Waals surface area contributed by atoms with Gasteiger partial charge in [0.2, 0.25) is 0 Å². The number of halogens is 3. The van der Waals surface area contributed by atoms with Crippen molar-refractivity contribution >= 4 is 5.96 Å². The minimum atomic E-state index is -4.46. The van der Waals surface area contributed by atoms with Crippen LogP contribution in [0, 0.1) is 5.92 Å². The Kier molecular flexibility index (Phi) is 5.72. The topological polar surface area (TPSA) is 45.5 Å². The first-order chi connectivity index (χ1) is 12.9. The number of hydrogen-bond donors (Lipinski definition) is 1. The van der Waals surface area contributed by atoms with E-state index in [1.165, 1.54) is 23.5 Å². The molecule has 1 aliphatic heterocycles. The van der Waals surface area contributed by atoms with Crippen LogP contribution in [0.1, 0.15) is 23.2 Å². The minimum Gasteiger partial charge on any atom is -0.352 e. The molecule has 0 aliphatic carbocycles. The second-order valence-corrected chi connectivity index (χ2v) is 6.87. The zero-order valence-electron chi connectivity index (χ0n) is 15.5. The number of hydrogen-bond acceptors (Lipinski definition) is 2. The highest BCUT2D eigenvalue weighted by Crippen LogP contribution is 2.30. The summed E-state index contributed by atoms with van der Waals surface area (Å²) >= 11 is 0. The van der Waals surface area contributed by atoms with Gasteiger partial charge in [0, 0.05) is 45.5 Å². The van der Waals surface area contributed by atoms with Crippen molar-refractivity contribution in [3.8, 4) is 0 Å². The van der Waals surface area contributed by atoms with Crippen LogP contribution in [-0.4, -0.2) is 40.8 Å². The molecule has 5 nitrogen and oxygen atoms in total. The van der Waals surface area contributed by atoms with E-state index in [0.29, 0.717) is 11.9 Å². The fourth-order valence-electron chi connectivity index (χ4n) is 3.55. The fourth-order valence-corrected chi connectivity index (χ4v) is 3.55. The predicted octanol–water partition coefficient (Wildman–Crippen LogP) is 3.08. The number of likely N-dealkylation sites (tertiary alicyclic amines) is 1. The molecule has 1 aliphatic rings. The molecular weight excluding hydrogens is 355 g/mol. The van der Waals surface area contributed by atoms with Crippen LogP contribution in [0.5, 0.6) is 0 Å². The Morgan fingerprint density at radius 3 is 2.70 bits per heavy atom. The number of nitrogens with zero attached hydrogens (tertiary/aromatic N) is 4. The lowest BCUT2D eigenvalue weighted by Gasteiger charge is -2.22. The molecule has 0 spiro atoms. The van der Waals surface area contributed by atoms with Gasteiger partial charge < -0.3 is 10.2 Å². The molecule has 27 heavy (non-hydrogen) atoms. The van der Waals surface area contributed by atoms with Gasteiger partial charge in [-0.15, -0.1) is 0 Å². The average Bonchev–Trinajstić information content (AvgIpc) is 3.23. The summed E-state index contributed by atoms with van der Waals surface area (Å²) in [6, 6.07) is 10.3. The van der Waals surface area contributed by atoms with Gasteiger partial charge in [0.1, 0.15) is 0 Å². The highest BCUT2D eigenvalue weighted by molar-refractivity contribution is 5.80. The number of aromatic nitrogens is 2. The molecule has 3 rings (SSSR count). The van der Waals surface area contributed by atoms with Gasteiger partial charge in [0.15, 0.2) is 11.7 Å². The van der Waals surface area contributed by atoms with E-state index < -0.39 is 11.9 Å². The van der Waals surface area contributed by atoms with Crippen molar-refractivity contribution in [3.63, 3.8) is 0 Å². The number of aryl methyl sites for hydroxylation is 1. The molecule has 1 aromatic carbocycles. The molecule has 1 aromatic heterocycles. The van der Waals surface area contributed by atoms with E-state index in [4.69, 9.17) is 0 Å². The third-order valence-corrected chi connectivity index (χ3v) is 4.77. The standard InChI is InChI=1S/C19H24F3N5/c1-23-18(24-11-16-13-26(2)25-17(16)19(20,21)22)27-9-8-15(12-27)10-14-6-4-3-5-7-14/h3-7,13,15H,8-12H2,1-2H3,(H,23,24). The molecule has 146 valence electrons. The molecular formula is C19H24F3N5. The summed E-state index contributed by atoms with van der Waals surface area (Å²) in [4.78, 5) is 6.36. The van der Waals surface area contributed by atoms with E-state index in [-0.39, 0.29) is 12.1 Å². The monoisotopic (exact) mass is 379 g/mol.